The Labute approximate surface area is 176 Å². The standard InChI is InChI=1S/C22H26ClN3O3/c1-15(2)22(28)26-12-10-25(11-13-26)19-9-8-16(14-18(19)23)24-21(27)17-6-4-5-7-20(17)29-3/h4-9,14-15H,10-13H2,1-3H3,(H,24,27). The van der Waals surface area contributed by atoms with Gasteiger partial charge < -0.3 is 19.9 Å². The fourth-order valence-corrected chi connectivity index (χ4v) is 3.70. The van der Waals surface area contributed by atoms with Crippen molar-refractivity contribution in [1.82, 2.24) is 4.90 Å². The maximum absolute atomic E-state index is 12.6. The van der Waals surface area contributed by atoms with Gasteiger partial charge in [0.05, 0.1) is 23.4 Å². The van der Waals surface area contributed by atoms with E-state index in [4.69, 9.17) is 16.3 Å². The second kappa shape index (κ2) is 9.18. The zero-order valence-electron chi connectivity index (χ0n) is 16.9. The van der Waals surface area contributed by atoms with E-state index in [1.165, 1.54) is 7.11 Å². The molecule has 1 N–H and O–H groups in total. The third kappa shape index (κ3) is 4.82. The summed E-state index contributed by atoms with van der Waals surface area (Å²) < 4.78 is 5.24. The molecule has 0 atom stereocenters. The first-order valence-electron chi connectivity index (χ1n) is 9.68. The highest BCUT2D eigenvalue weighted by Gasteiger charge is 2.24. The third-order valence-electron chi connectivity index (χ3n) is 4.98. The van der Waals surface area contributed by atoms with Crippen LogP contribution in [0.4, 0.5) is 11.4 Å². The van der Waals surface area contributed by atoms with Crippen molar-refractivity contribution >= 4 is 34.8 Å². The van der Waals surface area contributed by atoms with Crippen LogP contribution in [0.15, 0.2) is 42.5 Å². The van der Waals surface area contributed by atoms with Gasteiger partial charge in [-0.15, -0.1) is 0 Å². The number of carbonyl (C=O) groups excluding carboxylic acids is 2. The predicted octanol–water partition coefficient (Wildman–Crippen LogP) is 3.91. The van der Waals surface area contributed by atoms with E-state index < -0.39 is 0 Å². The average Bonchev–Trinajstić information content (AvgIpc) is 2.73. The van der Waals surface area contributed by atoms with E-state index in [2.05, 4.69) is 10.2 Å². The summed E-state index contributed by atoms with van der Waals surface area (Å²) in [7, 11) is 1.53. The normalized spacial score (nSPS) is 14.1. The Balaban J connectivity index is 1.66. The Morgan fingerprint density at radius 2 is 1.76 bits per heavy atom. The molecular formula is C22H26ClN3O3. The van der Waals surface area contributed by atoms with Gasteiger partial charge in [-0.1, -0.05) is 37.6 Å². The molecule has 0 bridgehead atoms. The molecule has 1 aliphatic heterocycles. The van der Waals surface area contributed by atoms with E-state index in [1.54, 1.807) is 24.3 Å². The van der Waals surface area contributed by atoms with Gasteiger partial charge in [-0.25, -0.2) is 0 Å². The third-order valence-corrected chi connectivity index (χ3v) is 5.29. The van der Waals surface area contributed by atoms with Crippen LogP contribution < -0.4 is 15.0 Å². The van der Waals surface area contributed by atoms with Crippen LogP contribution in [0.3, 0.4) is 0 Å². The first-order valence-corrected chi connectivity index (χ1v) is 10.1. The number of benzene rings is 2. The lowest BCUT2D eigenvalue weighted by Gasteiger charge is -2.37. The summed E-state index contributed by atoms with van der Waals surface area (Å²) in [5.74, 6) is 0.454. The molecule has 0 unspecified atom stereocenters. The number of methoxy groups -OCH3 is 1. The minimum absolute atomic E-state index is 0.0104. The zero-order valence-corrected chi connectivity index (χ0v) is 17.7. The fraction of sp³-hybridized carbons (Fsp3) is 0.364. The molecule has 1 heterocycles. The Hall–Kier alpha value is -2.73. The number of carbonyl (C=O) groups is 2. The molecule has 0 aliphatic carbocycles. The minimum atomic E-state index is -0.257. The number of ether oxygens (including phenoxy) is 1. The molecule has 29 heavy (non-hydrogen) atoms. The topological polar surface area (TPSA) is 61.9 Å². The first-order chi connectivity index (χ1) is 13.9. The van der Waals surface area contributed by atoms with Crippen molar-refractivity contribution in [3.63, 3.8) is 0 Å². The number of hydrogen-bond donors (Lipinski definition) is 1. The second-order valence-electron chi connectivity index (χ2n) is 7.29. The van der Waals surface area contributed by atoms with E-state index in [0.29, 0.717) is 35.1 Å². The molecule has 0 spiro atoms. The summed E-state index contributed by atoms with van der Waals surface area (Å²) in [6, 6.07) is 12.5. The molecule has 2 aromatic carbocycles. The number of anilines is 2. The number of hydrogen-bond acceptors (Lipinski definition) is 4. The molecule has 154 valence electrons. The van der Waals surface area contributed by atoms with Crippen LogP contribution in [0.1, 0.15) is 24.2 Å². The van der Waals surface area contributed by atoms with E-state index in [9.17, 15) is 9.59 Å². The lowest BCUT2D eigenvalue weighted by atomic mass is 10.1. The quantitative estimate of drug-likeness (QED) is 0.804. The molecule has 1 saturated heterocycles. The number of piperazine rings is 1. The number of para-hydroxylation sites is 1. The van der Waals surface area contributed by atoms with Crippen molar-refractivity contribution in [2.75, 3.05) is 43.5 Å². The first kappa shape index (κ1) is 21.0. The van der Waals surface area contributed by atoms with Crippen LogP contribution in [0, 0.1) is 5.92 Å². The summed E-state index contributed by atoms with van der Waals surface area (Å²) in [6.45, 7) is 6.66. The minimum Gasteiger partial charge on any atom is -0.496 e. The smallest absolute Gasteiger partial charge is 0.259 e. The predicted molar refractivity (Wildman–Crippen MR) is 116 cm³/mol. The van der Waals surface area contributed by atoms with Gasteiger partial charge in [0.25, 0.3) is 5.91 Å². The summed E-state index contributed by atoms with van der Waals surface area (Å²) in [5.41, 5.74) is 1.98. The molecule has 2 amide bonds. The highest BCUT2D eigenvalue weighted by molar-refractivity contribution is 6.33. The van der Waals surface area contributed by atoms with Crippen molar-refractivity contribution in [1.29, 1.82) is 0 Å². The molecule has 7 heteroatoms. The van der Waals surface area contributed by atoms with Crippen molar-refractivity contribution in [3.8, 4) is 5.75 Å². The van der Waals surface area contributed by atoms with Crippen LogP contribution in [0.25, 0.3) is 0 Å². The Bertz CT molecular complexity index is 893. The van der Waals surface area contributed by atoms with Crippen LogP contribution in [0.5, 0.6) is 5.75 Å². The zero-order chi connectivity index (χ0) is 21.0. The summed E-state index contributed by atoms with van der Waals surface area (Å²) in [5, 5.41) is 3.43. The summed E-state index contributed by atoms with van der Waals surface area (Å²) >= 11 is 6.50. The number of rotatable bonds is 5. The largest absolute Gasteiger partial charge is 0.496 e. The monoisotopic (exact) mass is 415 g/mol. The molecule has 0 radical (unpaired) electrons. The van der Waals surface area contributed by atoms with E-state index in [1.807, 2.05) is 36.9 Å². The Morgan fingerprint density at radius 3 is 2.38 bits per heavy atom. The van der Waals surface area contributed by atoms with Crippen LogP contribution >= 0.6 is 11.6 Å². The number of nitrogens with one attached hydrogen (secondary N) is 1. The molecule has 0 saturated carbocycles. The van der Waals surface area contributed by atoms with Gasteiger partial charge in [0.2, 0.25) is 5.91 Å². The lowest BCUT2D eigenvalue weighted by molar-refractivity contribution is -0.134. The van der Waals surface area contributed by atoms with Crippen LogP contribution in [-0.2, 0) is 4.79 Å². The second-order valence-corrected chi connectivity index (χ2v) is 7.69. The van der Waals surface area contributed by atoms with E-state index in [-0.39, 0.29) is 17.7 Å². The Morgan fingerprint density at radius 1 is 1.07 bits per heavy atom. The van der Waals surface area contributed by atoms with Crippen molar-refractivity contribution < 1.29 is 14.3 Å². The molecule has 6 nitrogen and oxygen atoms in total. The number of amides is 2. The maximum atomic E-state index is 12.6. The molecule has 1 aliphatic rings. The highest BCUT2D eigenvalue weighted by Crippen LogP contribution is 2.30. The molecule has 0 aromatic heterocycles. The summed E-state index contributed by atoms with van der Waals surface area (Å²) in [6.07, 6.45) is 0. The molecule has 2 aromatic rings. The van der Waals surface area contributed by atoms with Crippen molar-refractivity contribution in [2.24, 2.45) is 5.92 Å². The van der Waals surface area contributed by atoms with Crippen LogP contribution in [-0.4, -0.2) is 50.0 Å². The van der Waals surface area contributed by atoms with Crippen molar-refractivity contribution in [2.45, 2.75) is 13.8 Å². The Kier molecular flexibility index (Phi) is 6.64. The van der Waals surface area contributed by atoms with Crippen molar-refractivity contribution in [3.05, 3.63) is 53.1 Å². The van der Waals surface area contributed by atoms with Gasteiger partial charge >= 0.3 is 0 Å². The number of halogens is 1. The van der Waals surface area contributed by atoms with Gasteiger partial charge in [-0.3, -0.25) is 9.59 Å². The number of nitrogens with zero attached hydrogens (tertiary/aromatic N) is 2. The highest BCUT2D eigenvalue weighted by atomic mass is 35.5. The summed E-state index contributed by atoms with van der Waals surface area (Å²) in [4.78, 5) is 28.8. The van der Waals surface area contributed by atoms with Gasteiger partial charge in [-0.05, 0) is 30.3 Å². The van der Waals surface area contributed by atoms with Gasteiger partial charge in [0.1, 0.15) is 5.75 Å². The molecule has 3 rings (SSSR count). The van der Waals surface area contributed by atoms with Gasteiger partial charge in [-0.2, -0.15) is 0 Å². The van der Waals surface area contributed by atoms with Gasteiger partial charge in [0.15, 0.2) is 0 Å². The SMILES string of the molecule is COc1ccccc1C(=O)Nc1ccc(N2CCN(C(=O)C(C)C)CC2)c(Cl)c1. The van der Waals surface area contributed by atoms with Gasteiger partial charge in [0, 0.05) is 37.8 Å². The lowest BCUT2D eigenvalue weighted by Crippen LogP contribution is -2.50. The van der Waals surface area contributed by atoms with E-state index in [0.717, 1.165) is 18.8 Å². The average molecular weight is 416 g/mol. The molecule has 1 fully saturated rings. The maximum Gasteiger partial charge on any atom is 0.259 e. The van der Waals surface area contributed by atoms with Crippen LogP contribution in [0.2, 0.25) is 5.02 Å². The fourth-order valence-electron chi connectivity index (χ4n) is 3.40. The molecular weight excluding hydrogens is 390 g/mol. The van der Waals surface area contributed by atoms with E-state index >= 15 is 0 Å².